The molecule has 2 nitrogen and oxygen atoms in total. The second kappa shape index (κ2) is 6.96. The van der Waals surface area contributed by atoms with Gasteiger partial charge in [0, 0.05) is 0 Å². The molecule has 0 aliphatic rings. The summed E-state index contributed by atoms with van der Waals surface area (Å²) in [6.45, 7) is 0. The summed E-state index contributed by atoms with van der Waals surface area (Å²) in [5.74, 6) is 0. The second-order valence-electron chi connectivity index (χ2n) is 0.512. The molecule has 0 aromatic rings. The topological polar surface area (TPSA) is 34.1 Å². The van der Waals surface area contributed by atoms with Gasteiger partial charge in [-0.25, -0.2) is 0 Å². The van der Waals surface area contributed by atoms with Crippen molar-refractivity contribution in [3.8, 4) is 0 Å². The minimum atomic E-state index is -3.11. The van der Waals surface area contributed by atoms with Gasteiger partial charge in [0.2, 0.25) is 0 Å². The fraction of sp³-hybridized carbons (Fsp3) is 0. The molecule has 0 heterocycles. The minimum absolute atomic E-state index is 2.00. The van der Waals surface area contributed by atoms with Crippen LogP contribution < -0.4 is 0 Å². The van der Waals surface area contributed by atoms with Crippen LogP contribution in [-0.4, -0.2) is 24.9 Å². The zero-order valence-electron chi connectivity index (χ0n) is 3.33. The molecule has 0 spiro atoms. The third kappa shape index (κ3) is 108. The summed E-state index contributed by atoms with van der Waals surface area (Å²) in [6.07, 6.45) is 0. The van der Waals surface area contributed by atoms with Gasteiger partial charge >= 0.3 is 72.4 Å². The Balaban J connectivity index is 0. The Hall–Kier alpha value is 1.85. The Bertz CT molecular complexity index is 72.5. The predicted molar refractivity (Wildman–Crippen MR) is 36.3 cm³/mol. The van der Waals surface area contributed by atoms with Crippen molar-refractivity contribution in [2.24, 2.45) is 0 Å². The molecule has 0 unspecified atom stereocenters. The van der Waals surface area contributed by atoms with Crippen molar-refractivity contribution in [1.29, 1.82) is 0 Å². The molecule has 0 aliphatic carbocycles. The molecular weight excluding hydrogens is 319 g/mol. The maximum atomic E-state index is 8.50. The summed E-state index contributed by atoms with van der Waals surface area (Å²) in [6, 6.07) is 0. The van der Waals surface area contributed by atoms with Crippen molar-refractivity contribution in [3.05, 3.63) is 0 Å². The molecule has 8 heavy (non-hydrogen) atoms. The van der Waals surface area contributed by atoms with E-state index in [4.69, 9.17) is 47.6 Å². The van der Waals surface area contributed by atoms with E-state index in [1.165, 1.54) is 0 Å². The van der Waals surface area contributed by atoms with Gasteiger partial charge in [0.1, 0.15) is 0 Å². The van der Waals surface area contributed by atoms with E-state index in [9.17, 15) is 0 Å². The van der Waals surface area contributed by atoms with E-state index in [0.29, 0.717) is 0 Å². The van der Waals surface area contributed by atoms with Crippen LogP contribution in [0.3, 0.4) is 0 Å². The van der Waals surface area contributed by atoms with Gasteiger partial charge in [-0.15, -0.1) is 0 Å². The fourth-order valence-corrected chi connectivity index (χ4v) is 0. The molecule has 0 bridgehead atoms. The fourth-order valence-electron chi connectivity index (χ4n) is 0. The van der Waals surface area contributed by atoms with Crippen LogP contribution in [-0.2, 0) is 7.56 Å². The quantitative estimate of drug-likeness (QED) is 0.638. The molecule has 0 amide bonds. The summed E-state index contributed by atoms with van der Waals surface area (Å²) >= 11 is -2.00. The van der Waals surface area contributed by atoms with Crippen LogP contribution in [0.1, 0.15) is 0 Å². The summed E-state index contributed by atoms with van der Waals surface area (Å²) in [5.41, 5.74) is 0. The monoisotopic (exact) mass is 320 g/mol. The Morgan fingerprint density at radius 3 is 1.00 bits per heavy atom. The van der Waals surface area contributed by atoms with E-state index in [1.807, 2.05) is 0 Å². The normalized spacial score (nSPS) is 8.50. The second-order valence-corrected chi connectivity index (χ2v) is 20.5. The SMILES string of the molecule is [Cl][Ge]([Cl])([Cl])[Cl].[O]=[Ge]=[O]. The zero-order valence-corrected chi connectivity index (χ0v) is 10.5. The van der Waals surface area contributed by atoms with Crippen molar-refractivity contribution >= 4 is 64.9 Å². The van der Waals surface area contributed by atoms with Crippen molar-refractivity contribution in [3.63, 3.8) is 0 Å². The molecule has 0 aromatic heterocycles. The molecule has 8 heteroatoms. The third-order valence-electron chi connectivity index (χ3n) is 0. The summed E-state index contributed by atoms with van der Waals surface area (Å²) in [4.78, 5) is 0. The summed E-state index contributed by atoms with van der Waals surface area (Å²) in [7, 11) is 16.9. The standard InChI is InChI=1S/Cl4Ge.GeO2/c1-5(2,3)4;2-1-3. The van der Waals surface area contributed by atoms with E-state index in [-0.39, 0.29) is 0 Å². The molecule has 48 valence electrons. The van der Waals surface area contributed by atoms with Crippen molar-refractivity contribution in [2.45, 2.75) is 0 Å². The van der Waals surface area contributed by atoms with E-state index < -0.39 is 24.9 Å². The molecule has 0 N–H and O–H groups in total. The van der Waals surface area contributed by atoms with Gasteiger partial charge < -0.3 is 0 Å². The first-order valence-electron chi connectivity index (χ1n) is 1.16. The van der Waals surface area contributed by atoms with Gasteiger partial charge in [0.05, 0.1) is 0 Å². The molecule has 0 saturated heterocycles. The van der Waals surface area contributed by atoms with Crippen LogP contribution in [0.2, 0.25) is 0 Å². The van der Waals surface area contributed by atoms with Crippen LogP contribution in [0.15, 0.2) is 0 Å². The molecule has 0 aromatic carbocycles. The predicted octanol–water partition coefficient (Wildman–Crippen LogP) is 1.76. The molecule has 0 aliphatic heterocycles. The van der Waals surface area contributed by atoms with Gasteiger partial charge in [-0.1, -0.05) is 0 Å². The average molecular weight is 319 g/mol. The maximum absolute atomic E-state index is 8.50. The van der Waals surface area contributed by atoms with Crippen LogP contribution >= 0.6 is 40.0 Å². The van der Waals surface area contributed by atoms with Crippen molar-refractivity contribution in [1.82, 2.24) is 0 Å². The molecule has 0 rings (SSSR count). The summed E-state index contributed by atoms with van der Waals surface area (Å²) in [5, 5.41) is 0. The molecule has 0 fully saturated rings. The summed E-state index contributed by atoms with van der Waals surface area (Å²) < 4.78 is 17.0. The molecular formula is Cl4Ge2O2. The number of hydrogen-bond acceptors (Lipinski definition) is 2. The molecule has 0 saturated carbocycles. The first-order valence-corrected chi connectivity index (χ1v) is 13.9. The van der Waals surface area contributed by atoms with Crippen molar-refractivity contribution < 1.29 is 7.56 Å². The van der Waals surface area contributed by atoms with Gasteiger partial charge in [0.25, 0.3) is 0 Å². The Labute approximate surface area is 71.8 Å². The van der Waals surface area contributed by atoms with Crippen molar-refractivity contribution in [2.75, 3.05) is 0 Å². The molecule has 0 atom stereocenters. The zero-order chi connectivity index (χ0) is 7.21. The first-order chi connectivity index (χ1) is 3.41. The average Bonchev–Trinajstić information content (AvgIpc) is 1.27. The van der Waals surface area contributed by atoms with Crippen LogP contribution in [0.5, 0.6) is 0 Å². The van der Waals surface area contributed by atoms with Crippen LogP contribution in [0, 0.1) is 0 Å². The van der Waals surface area contributed by atoms with Crippen LogP contribution in [0.4, 0.5) is 0 Å². The number of hydrogen-bond donors (Lipinski definition) is 0. The number of rotatable bonds is 0. The Kier molecular flexibility index (Phi) is 10.9. The Morgan fingerprint density at radius 2 is 1.00 bits per heavy atom. The van der Waals surface area contributed by atoms with Gasteiger partial charge in [-0.05, 0) is 0 Å². The molecule has 0 radical (unpaired) electrons. The van der Waals surface area contributed by atoms with E-state index in [0.717, 1.165) is 0 Å². The Morgan fingerprint density at radius 1 is 1.00 bits per heavy atom. The van der Waals surface area contributed by atoms with Gasteiger partial charge in [-0.2, -0.15) is 0 Å². The van der Waals surface area contributed by atoms with Gasteiger partial charge in [-0.3, -0.25) is 0 Å². The first kappa shape index (κ1) is 12.5. The van der Waals surface area contributed by atoms with E-state index in [2.05, 4.69) is 0 Å². The third-order valence-corrected chi connectivity index (χ3v) is 0. The van der Waals surface area contributed by atoms with Gasteiger partial charge in [0.15, 0.2) is 0 Å². The number of halogens is 4. The van der Waals surface area contributed by atoms with Crippen LogP contribution in [0.25, 0.3) is 0 Å². The van der Waals surface area contributed by atoms with E-state index >= 15 is 0 Å². The van der Waals surface area contributed by atoms with E-state index in [1.54, 1.807) is 0 Å².